The number of hydrogen-bond acceptors (Lipinski definition) is 7. The average molecular weight is 700 g/mol. The smallest absolute Gasteiger partial charge is 0.475 e. The number of nitrogens with two attached hydrogens (primary N) is 1. The summed E-state index contributed by atoms with van der Waals surface area (Å²) in [6.07, 6.45) is -0.326. The van der Waals surface area contributed by atoms with Crippen molar-refractivity contribution in [1.82, 2.24) is 19.1 Å². The maximum atomic E-state index is 12.5. The number of benzene rings is 1. The number of aromatic nitrogens is 1. The van der Waals surface area contributed by atoms with E-state index in [4.69, 9.17) is 15.6 Å². The lowest BCUT2D eigenvalue weighted by atomic mass is 9.88. The van der Waals surface area contributed by atoms with E-state index in [1.807, 2.05) is 12.3 Å². The van der Waals surface area contributed by atoms with E-state index in [9.17, 15) is 26.4 Å². The minimum Gasteiger partial charge on any atom is -0.475 e. The fraction of sp³-hybridized carbons (Fsp3) is 0.562. The van der Waals surface area contributed by atoms with Gasteiger partial charge in [0.05, 0.1) is 16.8 Å². The Hall–Kier alpha value is -2.98. The van der Waals surface area contributed by atoms with Gasteiger partial charge in [-0.05, 0) is 106 Å². The van der Waals surface area contributed by atoms with Crippen molar-refractivity contribution in [3.05, 3.63) is 45.8 Å². The summed E-state index contributed by atoms with van der Waals surface area (Å²) in [5, 5.41) is 10.3. The fourth-order valence-electron chi connectivity index (χ4n) is 6.45. The number of carboxylic acid groups (broad SMARTS) is 1. The number of amides is 1. The number of fused-ring (bicyclic) bond motifs is 1. The van der Waals surface area contributed by atoms with Crippen LogP contribution < -0.4 is 5.73 Å². The first-order valence-electron chi connectivity index (χ1n) is 15.7. The third-order valence-electron chi connectivity index (χ3n) is 9.01. The SMILES string of the molecule is CCS(=O)(=O)N1CCC(c2c[nH]c3c(C(N)=O)cc(-c4csc(CN(C)CC5CCN(C(C)C)C5)c4)cc23)CC1.O=C(O)C(F)(F)F. The minimum atomic E-state index is -5.08. The van der Waals surface area contributed by atoms with E-state index in [2.05, 4.69) is 53.2 Å². The van der Waals surface area contributed by atoms with E-state index in [0.29, 0.717) is 30.6 Å². The average Bonchev–Trinajstić information content (AvgIpc) is 3.77. The van der Waals surface area contributed by atoms with Crippen LogP contribution in [-0.4, -0.2) is 102 Å². The molecule has 2 aromatic heterocycles. The first kappa shape index (κ1) is 36.8. The Morgan fingerprint density at radius 2 is 1.79 bits per heavy atom. The molecule has 1 aromatic carbocycles. The van der Waals surface area contributed by atoms with Gasteiger partial charge < -0.3 is 25.6 Å². The number of halogens is 3. The number of alkyl halides is 3. The number of carboxylic acids is 1. The number of nitrogens with one attached hydrogen (secondary N) is 1. The van der Waals surface area contributed by atoms with Gasteiger partial charge in [-0.1, -0.05) is 0 Å². The van der Waals surface area contributed by atoms with E-state index in [1.54, 1.807) is 22.6 Å². The van der Waals surface area contributed by atoms with Crippen molar-refractivity contribution < 1.29 is 36.3 Å². The van der Waals surface area contributed by atoms with Gasteiger partial charge in [-0.3, -0.25) is 4.79 Å². The van der Waals surface area contributed by atoms with E-state index in [1.165, 1.54) is 24.4 Å². The van der Waals surface area contributed by atoms with Gasteiger partial charge in [0.25, 0.3) is 5.91 Å². The van der Waals surface area contributed by atoms with Gasteiger partial charge in [-0.15, -0.1) is 11.3 Å². The highest BCUT2D eigenvalue weighted by Gasteiger charge is 2.38. The number of carbonyl (C=O) groups excluding carboxylic acids is 1. The van der Waals surface area contributed by atoms with Crippen LogP contribution in [0.4, 0.5) is 13.2 Å². The molecule has 4 heterocycles. The Bertz CT molecular complexity index is 1660. The third-order valence-corrected chi connectivity index (χ3v) is 11.8. The van der Waals surface area contributed by atoms with Crippen LogP contribution in [-0.2, 0) is 21.4 Å². The molecule has 3 aromatic rings. The molecule has 0 bridgehead atoms. The molecule has 10 nitrogen and oxygen atoms in total. The number of rotatable bonds is 10. The molecule has 0 spiro atoms. The number of likely N-dealkylation sites (tertiary alicyclic amines) is 1. The lowest BCUT2D eigenvalue weighted by Crippen LogP contribution is -2.38. The maximum Gasteiger partial charge on any atom is 0.490 e. The summed E-state index contributed by atoms with van der Waals surface area (Å²) >= 11 is 1.76. The van der Waals surface area contributed by atoms with Crippen molar-refractivity contribution in [3.63, 3.8) is 0 Å². The number of aromatic amines is 1. The van der Waals surface area contributed by atoms with E-state index < -0.39 is 28.1 Å². The molecule has 0 radical (unpaired) electrons. The normalized spacial score (nSPS) is 18.6. The van der Waals surface area contributed by atoms with Crippen molar-refractivity contribution >= 4 is 44.1 Å². The molecule has 15 heteroatoms. The maximum absolute atomic E-state index is 12.5. The Labute approximate surface area is 277 Å². The van der Waals surface area contributed by atoms with Gasteiger partial charge >= 0.3 is 12.1 Å². The molecule has 1 amide bonds. The number of aliphatic carboxylic acids is 1. The zero-order chi connectivity index (χ0) is 34.7. The Balaban J connectivity index is 0.000000644. The number of piperidine rings is 1. The topological polar surface area (TPSA) is 140 Å². The number of sulfonamides is 1. The predicted octanol–water partition coefficient (Wildman–Crippen LogP) is 5.32. The molecule has 47 heavy (non-hydrogen) atoms. The zero-order valence-electron chi connectivity index (χ0n) is 27.1. The summed E-state index contributed by atoms with van der Waals surface area (Å²) in [6, 6.07) is 6.92. The summed E-state index contributed by atoms with van der Waals surface area (Å²) in [4.78, 5) is 31.0. The molecule has 0 aliphatic carbocycles. The van der Waals surface area contributed by atoms with Crippen LogP contribution in [0.2, 0.25) is 0 Å². The molecule has 260 valence electrons. The summed E-state index contributed by atoms with van der Waals surface area (Å²) in [6.45, 7) is 11.7. The number of carbonyl (C=O) groups is 2. The molecule has 2 aliphatic heterocycles. The van der Waals surface area contributed by atoms with Crippen LogP contribution >= 0.6 is 11.3 Å². The Morgan fingerprint density at radius 3 is 2.34 bits per heavy atom. The van der Waals surface area contributed by atoms with Crippen molar-refractivity contribution in [2.75, 3.05) is 45.5 Å². The highest BCUT2D eigenvalue weighted by molar-refractivity contribution is 7.89. The summed E-state index contributed by atoms with van der Waals surface area (Å²) in [7, 11) is -0.970. The van der Waals surface area contributed by atoms with Crippen LogP contribution in [0.5, 0.6) is 0 Å². The third kappa shape index (κ3) is 9.13. The fourth-order valence-corrected chi connectivity index (χ4v) is 8.55. The number of thiophene rings is 1. The zero-order valence-corrected chi connectivity index (χ0v) is 28.8. The highest BCUT2D eigenvalue weighted by atomic mass is 32.2. The van der Waals surface area contributed by atoms with Crippen LogP contribution in [0.25, 0.3) is 22.0 Å². The first-order valence-corrected chi connectivity index (χ1v) is 18.2. The Kier molecular flexibility index (Phi) is 11.8. The molecular weight excluding hydrogens is 656 g/mol. The second-order valence-electron chi connectivity index (χ2n) is 12.7. The molecule has 2 fully saturated rings. The van der Waals surface area contributed by atoms with Gasteiger partial charge in [0.2, 0.25) is 10.0 Å². The van der Waals surface area contributed by atoms with Crippen LogP contribution in [0.15, 0.2) is 29.8 Å². The van der Waals surface area contributed by atoms with Gasteiger partial charge in [0.15, 0.2) is 0 Å². The summed E-state index contributed by atoms with van der Waals surface area (Å²) in [5.41, 5.74) is 10.3. The van der Waals surface area contributed by atoms with Gasteiger partial charge in [0, 0.05) is 55.2 Å². The largest absolute Gasteiger partial charge is 0.490 e. The molecule has 2 saturated heterocycles. The molecule has 1 unspecified atom stereocenters. The second-order valence-corrected chi connectivity index (χ2v) is 15.9. The molecule has 2 aliphatic rings. The quantitative estimate of drug-likeness (QED) is 0.260. The molecular formula is C32H44F3N5O5S2. The standard InChI is InChI=1S/C30H43N5O3S2.C2HF3O2/c1-5-40(37,38)35-10-7-22(8-11-35)28-15-32-29-26(28)13-23(14-27(29)30(31)36)24-12-25(39-19-24)18-33(4)16-21-6-9-34(17-21)20(2)3;3-2(4,5)1(6)7/h12-15,19-22,32H,5-11,16-18H2,1-4H3,(H2,31,36);(H,6,7). The van der Waals surface area contributed by atoms with Gasteiger partial charge in [0.1, 0.15) is 0 Å². The monoisotopic (exact) mass is 699 g/mol. The summed E-state index contributed by atoms with van der Waals surface area (Å²) in [5.74, 6) is -2.14. The van der Waals surface area contributed by atoms with Gasteiger partial charge in [-0.25, -0.2) is 17.5 Å². The Morgan fingerprint density at radius 1 is 1.13 bits per heavy atom. The number of nitrogens with zero attached hydrogens (tertiary/aromatic N) is 3. The number of primary amides is 1. The minimum absolute atomic E-state index is 0.131. The summed E-state index contributed by atoms with van der Waals surface area (Å²) < 4.78 is 58.0. The highest BCUT2D eigenvalue weighted by Crippen LogP contribution is 2.38. The number of H-pyrrole nitrogens is 1. The van der Waals surface area contributed by atoms with Gasteiger partial charge in [-0.2, -0.15) is 13.2 Å². The lowest BCUT2D eigenvalue weighted by molar-refractivity contribution is -0.192. The second kappa shape index (κ2) is 15.1. The first-order chi connectivity index (χ1) is 22.0. The van der Waals surface area contributed by atoms with Crippen LogP contribution in [0, 0.1) is 5.92 Å². The van der Waals surface area contributed by atoms with Crippen LogP contribution in [0.1, 0.15) is 66.8 Å². The van der Waals surface area contributed by atoms with Crippen molar-refractivity contribution in [2.45, 2.75) is 64.7 Å². The molecule has 0 saturated carbocycles. The van der Waals surface area contributed by atoms with Crippen molar-refractivity contribution in [1.29, 1.82) is 0 Å². The van der Waals surface area contributed by atoms with Crippen LogP contribution in [0.3, 0.4) is 0 Å². The van der Waals surface area contributed by atoms with E-state index in [0.717, 1.165) is 53.5 Å². The van der Waals surface area contributed by atoms with E-state index >= 15 is 0 Å². The van der Waals surface area contributed by atoms with Crippen molar-refractivity contribution in [3.8, 4) is 11.1 Å². The number of hydrogen-bond donors (Lipinski definition) is 3. The predicted molar refractivity (Wildman–Crippen MR) is 178 cm³/mol. The van der Waals surface area contributed by atoms with E-state index in [-0.39, 0.29) is 11.7 Å². The van der Waals surface area contributed by atoms with Crippen molar-refractivity contribution in [2.24, 2.45) is 11.7 Å². The molecule has 1 atom stereocenters. The lowest BCUT2D eigenvalue weighted by Gasteiger charge is -2.31. The molecule has 5 rings (SSSR count). The molecule has 4 N–H and O–H groups in total.